The average molecular weight is 571 g/mol. The van der Waals surface area contributed by atoms with Gasteiger partial charge in [-0.2, -0.15) is 4.98 Å². The van der Waals surface area contributed by atoms with E-state index in [0.717, 1.165) is 27.8 Å². The van der Waals surface area contributed by atoms with Crippen LogP contribution < -0.4 is 9.46 Å². The summed E-state index contributed by atoms with van der Waals surface area (Å²) in [5.41, 5.74) is 5.50. The van der Waals surface area contributed by atoms with Gasteiger partial charge in [-0.25, -0.2) is 18.1 Å². The highest BCUT2D eigenvalue weighted by Gasteiger charge is 2.26. The Morgan fingerprint density at radius 2 is 1.61 bits per heavy atom. The molecule has 0 saturated carbocycles. The Morgan fingerprint density at radius 1 is 0.927 bits per heavy atom. The molecule has 9 heteroatoms. The van der Waals surface area contributed by atoms with Crippen molar-refractivity contribution >= 4 is 21.9 Å². The Kier molecular flexibility index (Phi) is 7.33. The van der Waals surface area contributed by atoms with Crippen LogP contribution in [0.5, 0.6) is 5.88 Å². The average Bonchev–Trinajstić information content (AvgIpc) is 2.91. The maximum absolute atomic E-state index is 13.5. The lowest BCUT2D eigenvalue weighted by Gasteiger charge is -2.27. The molecule has 0 spiro atoms. The third-order valence-electron chi connectivity index (χ3n) is 7.23. The van der Waals surface area contributed by atoms with E-state index in [9.17, 15) is 13.2 Å². The van der Waals surface area contributed by atoms with Crippen LogP contribution in [0.25, 0.3) is 11.3 Å². The van der Waals surface area contributed by atoms with Crippen LogP contribution in [0.1, 0.15) is 59.5 Å². The number of sulfonamides is 1. The number of amides is 1. The summed E-state index contributed by atoms with van der Waals surface area (Å²) in [6.45, 7) is 10.6. The van der Waals surface area contributed by atoms with Gasteiger partial charge in [0.1, 0.15) is 6.10 Å². The molecule has 2 heterocycles. The summed E-state index contributed by atoms with van der Waals surface area (Å²) < 4.78 is 35.8. The molecule has 3 aromatic carbocycles. The van der Waals surface area contributed by atoms with E-state index in [4.69, 9.17) is 4.74 Å². The Balaban J connectivity index is 1.72. The van der Waals surface area contributed by atoms with Crippen molar-refractivity contribution in [2.24, 2.45) is 0 Å². The lowest BCUT2D eigenvalue weighted by atomic mass is 9.85. The lowest BCUT2D eigenvalue weighted by Crippen LogP contribution is -2.33. The number of ether oxygens (including phenoxy) is 1. The highest BCUT2D eigenvalue weighted by molar-refractivity contribution is 7.92. The molecule has 8 nitrogen and oxygen atoms in total. The largest absolute Gasteiger partial charge is 0.467 e. The van der Waals surface area contributed by atoms with Gasteiger partial charge in [0.15, 0.2) is 0 Å². The Labute approximate surface area is 241 Å². The summed E-state index contributed by atoms with van der Waals surface area (Å²) in [5.74, 6) is -0.254. The maximum atomic E-state index is 13.5. The fourth-order valence-corrected chi connectivity index (χ4v) is 5.96. The first-order valence-electron chi connectivity index (χ1n) is 13.4. The number of nitrogens with zero attached hydrogens (tertiary/aromatic N) is 3. The van der Waals surface area contributed by atoms with Crippen LogP contribution in [0.15, 0.2) is 77.7 Å². The Hall–Kier alpha value is -4.24. The number of rotatable bonds is 2. The standard InChI is InChI=1S/C32H34N4O4S/c1-20-10-7-11-21(2)29(20)26-18-28-34-31(33-26)35-41(38,39)25-15-9-13-23(17-25)30(37)36(6)19-27(40-28)22-12-8-14-24(16-22)32(3,4)5/h7-18,27H,19H2,1-6H3,(H,33,34,35). The second-order valence-electron chi connectivity index (χ2n) is 11.5. The molecular formula is C32H34N4O4S. The molecular weight excluding hydrogens is 536 g/mol. The molecule has 1 aliphatic heterocycles. The molecule has 4 bridgehead atoms. The minimum atomic E-state index is -4.11. The fourth-order valence-electron chi connectivity index (χ4n) is 4.97. The second kappa shape index (κ2) is 10.6. The Bertz CT molecular complexity index is 1720. The van der Waals surface area contributed by atoms with Crippen molar-refractivity contribution in [2.45, 2.75) is 51.0 Å². The number of carbonyl (C=O) groups is 1. The van der Waals surface area contributed by atoms with Crippen LogP contribution in [-0.4, -0.2) is 42.8 Å². The first kappa shape index (κ1) is 28.3. The molecule has 41 heavy (non-hydrogen) atoms. The number of carbonyl (C=O) groups excluding carboxylic acids is 1. The number of hydrogen-bond donors (Lipinski definition) is 1. The minimum absolute atomic E-state index is 0.0611. The summed E-state index contributed by atoms with van der Waals surface area (Å²) in [6.07, 6.45) is -0.597. The molecule has 0 fully saturated rings. The van der Waals surface area contributed by atoms with Crippen molar-refractivity contribution in [3.05, 3.63) is 101 Å². The van der Waals surface area contributed by atoms with Gasteiger partial charge < -0.3 is 9.64 Å². The molecule has 1 unspecified atom stereocenters. The molecule has 1 aromatic heterocycles. The van der Waals surface area contributed by atoms with Crippen molar-refractivity contribution < 1.29 is 17.9 Å². The summed E-state index contributed by atoms with van der Waals surface area (Å²) in [7, 11) is -2.43. The third-order valence-corrected chi connectivity index (χ3v) is 8.56. The van der Waals surface area contributed by atoms with Gasteiger partial charge in [0.05, 0.1) is 17.1 Å². The molecule has 0 radical (unpaired) electrons. The second-order valence-corrected chi connectivity index (χ2v) is 13.2. The van der Waals surface area contributed by atoms with E-state index in [1.807, 2.05) is 44.2 Å². The third kappa shape index (κ3) is 5.95. The summed E-state index contributed by atoms with van der Waals surface area (Å²) >= 11 is 0. The van der Waals surface area contributed by atoms with Gasteiger partial charge in [-0.15, -0.1) is 0 Å². The highest BCUT2D eigenvalue weighted by atomic mass is 32.2. The van der Waals surface area contributed by atoms with Crippen molar-refractivity contribution in [3.8, 4) is 17.1 Å². The number of fused-ring (bicyclic) bond motifs is 4. The first-order chi connectivity index (χ1) is 19.3. The zero-order chi connectivity index (χ0) is 29.5. The molecule has 1 atom stereocenters. The maximum Gasteiger partial charge on any atom is 0.264 e. The van der Waals surface area contributed by atoms with Crippen molar-refractivity contribution in [2.75, 3.05) is 18.3 Å². The van der Waals surface area contributed by atoms with Gasteiger partial charge in [-0.3, -0.25) is 4.79 Å². The zero-order valence-electron chi connectivity index (χ0n) is 24.1. The van der Waals surface area contributed by atoms with E-state index in [-0.39, 0.29) is 40.2 Å². The lowest BCUT2D eigenvalue weighted by molar-refractivity contribution is 0.0706. The molecule has 212 valence electrons. The number of aromatic nitrogens is 2. The van der Waals surface area contributed by atoms with E-state index in [1.165, 1.54) is 12.1 Å². The molecule has 0 aliphatic carbocycles. The number of benzene rings is 3. The van der Waals surface area contributed by atoms with Crippen molar-refractivity contribution in [3.63, 3.8) is 0 Å². The minimum Gasteiger partial charge on any atom is -0.467 e. The monoisotopic (exact) mass is 570 g/mol. The van der Waals surface area contributed by atoms with E-state index in [2.05, 4.69) is 47.6 Å². The summed E-state index contributed by atoms with van der Waals surface area (Å²) in [4.78, 5) is 24.0. The number of hydrogen-bond acceptors (Lipinski definition) is 6. The molecule has 5 rings (SSSR count). The molecule has 4 aromatic rings. The highest BCUT2D eigenvalue weighted by Crippen LogP contribution is 2.33. The van der Waals surface area contributed by atoms with E-state index in [0.29, 0.717) is 5.69 Å². The van der Waals surface area contributed by atoms with Crippen LogP contribution in [-0.2, 0) is 15.4 Å². The van der Waals surface area contributed by atoms with Crippen LogP contribution in [0.2, 0.25) is 0 Å². The molecule has 0 saturated heterocycles. The number of likely N-dealkylation sites (N-methyl/N-ethyl adjacent to an activating group) is 1. The first-order valence-corrected chi connectivity index (χ1v) is 14.9. The van der Waals surface area contributed by atoms with Gasteiger partial charge in [0.2, 0.25) is 11.8 Å². The molecule has 1 N–H and O–H groups in total. The van der Waals surface area contributed by atoms with Crippen LogP contribution >= 0.6 is 0 Å². The van der Waals surface area contributed by atoms with Crippen LogP contribution in [0.4, 0.5) is 5.95 Å². The molecule has 1 amide bonds. The SMILES string of the molecule is Cc1cccc(C)c1-c1cc2nc(n1)NS(=O)(=O)c1cccc(c1)C(=O)N(C)CC(c1cccc(C(C)(C)C)c1)O2. The van der Waals surface area contributed by atoms with Crippen molar-refractivity contribution in [1.82, 2.24) is 14.9 Å². The van der Waals surface area contributed by atoms with Crippen LogP contribution in [0, 0.1) is 13.8 Å². The van der Waals surface area contributed by atoms with E-state index in [1.54, 1.807) is 30.1 Å². The van der Waals surface area contributed by atoms with E-state index >= 15 is 0 Å². The van der Waals surface area contributed by atoms with E-state index < -0.39 is 16.1 Å². The fraction of sp³-hybridized carbons (Fsp3) is 0.281. The normalized spacial score (nSPS) is 17.0. The number of anilines is 1. The Morgan fingerprint density at radius 3 is 2.32 bits per heavy atom. The zero-order valence-corrected chi connectivity index (χ0v) is 24.9. The topological polar surface area (TPSA) is 101 Å². The number of nitrogens with one attached hydrogen (secondary N) is 1. The predicted molar refractivity (Wildman–Crippen MR) is 160 cm³/mol. The predicted octanol–water partition coefficient (Wildman–Crippen LogP) is 6.06. The summed E-state index contributed by atoms with van der Waals surface area (Å²) in [6, 6.07) is 21.7. The van der Waals surface area contributed by atoms with Gasteiger partial charge in [-0.1, -0.05) is 69.3 Å². The smallest absolute Gasteiger partial charge is 0.264 e. The van der Waals surface area contributed by atoms with Gasteiger partial charge in [0.25, 0.3) is 15.9 Å². The van der Waals surface area contributed by atoms with Crippen molar-refractivity contribution in [1.29, 1.82) is 0 Å². The quantitative estimate of drug-likeness (QED) is 0.314. The van der Waals surface area contributed by atoms with Gasteiger partial charge >= 0.3 is 0 Å². The number of aryl methyl sites for hydroxylation is 2. The van der Waals surface area contributed by atoms with Gasteiger partial charge in [0, 0.05) is 24.2 Å². The van der Waals surface area contributed by atoms with Crippen LogP contribution in [0.3, 0.4) is 0 Å². The van der Waals surface area contributed by atoms with Gasteiger partial charge in [-0.05, 0) is 59.7 Å². The molecule has 1 aliphatic rings. The summed E-state index contributed by atoms with van der Waals surface area (Å²) in [5, 5.41) is 0.